The van der Waals surface area contributed by atoms with Crippen molar-refractivity contribution in [1.82, 2.24) is 5.32 Å². The first-order valence-corrected chi connectivity index (χ1v) is 8.18. The van der Waals surface area contributed by atoms with Crippen LogP contribution in [-0.2, 0) is 6.42 Å². The van der Waals surface area contributed by atoms with Crippen molar-refractivity contribution in [3.63, 3.8) is 0 Å². The Labute approximate surface area is 129 Å². The van der Waals surface area contributed by atoms with Gasteiger partial charge in [-0.05, 0) is 48.7 Å². The molecule has 0 bridgehead atoms. The normalized spacial score (nSPS) is 12.3. The summed E-state index contributed by atoms with van der Waals surface area (Å²) in [6, 6.07) is 12.1. The van der Waals surface area contributed by atoms with Crippen molar-refractivity contribution in [1.29, 1.82) is 0 Å². The summed E-state index contributed by atoms with van der Waals surface area (Å²) in [5.41, 5.74) is 0. The average molecular weight is 310 g/mol. The monoisotopic (exact) mass is 309 g/mol. The van der Waals surface area contributed by atoms with E-state index in [9.17, 15) is 0 Å². The largest absolute Gasteiger partial charge is 0.492 e. The molecule has 0 fully saturated rings. The SMILES string of the molecule is CCCNC(COc1ccc(Cl)cc1)Cc1cccs1. The number of hydrogen-bond acceptors (Lipinski definition) is 3. The molecule has 1 aromatic carbocycles. The zero-order chi connectivity index (χ0) is 14.2. The highest BCUT2D eigenvalue weighted by molar-refractivity contribution is 7.09. The van der Waals surface area contributed by atoms with Crippen LogP contribution in [0.25, 0.3) is 0 Å². The summed E-state index contributed by atoms with van der Waals surface area (Å²) in [5, 5.41) is 6.40. The van der Waals surface area contributed by atoms with Crippen LogP contribution in [-0.4, -0.2) is 19.2 Å². The molecule has 1 unspecified atom stereocenters. The van der Waals surface area contributed by atoms with Gasteiger partial charge in [0.05, 0.1) is 0 Å². The van der Waals surface area contributed by atoms with Gasteiger partial charge in [0.2, 0.25) is 0 Å². The van der Waals surface area contributed by atoms with Crippen LogP contribution in [0, 0.1) is 0 Å². The Hall–Kier alpha value is -1.03. The highest BCUT2D eigenvalue weighted by Crippen LogP contribution is 2.17. The third-order valence-corrected chi connectivity index (χ3v) is 4.13. The van der Waals surface area contributed by atoms with Crippen molar-refractivity contribution in [3.8, 4) is 5.75 Å². The fourth-order valence-electron chi connectivity index (χ4n) is 1.94. The predicted octanol–water partition coefficient (Wildman–Crippen LogP) is 4.39. The molecule has 0 aliphatic rings. The minimum absolute atomic E-state index is 0.337. The van der Waals surface area contributed by atoms with E-state index in [1.54, 1.807) is 11.3 Å². The van der Waals surface area contributed by atoms with Crippen LogP contribution in [0.2, 0.25) is 5.02 Å². The molecule has 1 N–H and O–H groups in total. The standard InChI is InChI=1S/C16H20ClNOS/c1-2-9-18-14(11-16-4-3-10-20-16)12-19-15-7-5-13(17)6-8-15/h3-8,10,14,18H,2,9,11-12H2,1H3. The van der Waals surface area contributed by atoms with Gasteiger partial charge in [-0.1, -0.05) is 24.6 Å². The highest BCUT2D eigenvalue weighted by atomic mass is 35.5. The van der Waals surface area contributed by atoms with E-state index in [1.165, 1.54) is 4.88 Å². The molecular weight excluding hydrogens is 290 g/mol. The van der Waals surface area contributed by atoms with Crippen molar-refractivity contribution >= 4 is 22.9 Å². The quantitative estimate of drug-likeness (QED) is 0.781. The molecule has 2 aromatic rings. The van der Waals surface area contributed by atoms with Gasteiger partial charge in [-0.25, -0.2) is 0 Å². The van der Waals surface area contributed by atoms with Gasteiger partial charge in [-0.3, -0.25) is 0 Å². The molecule has 0 saturated carbocycles. The van der Waals surface area contributed by atoms with Crippen LogP contribution in [0.1, 0.15) is 18.2 Å². The number of nitrogens with one attached hydrogen (secondary N) is 1. The van der Waals surface area contributed by atoms with E-state index < -0.39 is 0 Å². The maximum atomic E-state index is 5.87. The van der Waals surface area contributed by atoms with E-state index in [2.05, 4.69) is 29.8 Å². The summed E-state index contributed by atoms with van der Waals surface area (Å²) in [5.74, 6) is 0.865. The van der Waals surface area contributed by atoms with Gasteiger partial charge < -0.3 is 10.1 Å². The minimum atomic E-state index is 0.337. The average Bonchev–Trinajstić information content (AvgIpc) is 2.96. The first kappa shape index (κ1) is 15.4. The fourth-order valence-corrected chi connectivity index (χ4v) is 2.85. The molecule has 1 atom stereocenters. The fraction of sp³-hybridized carbons (Fsp3) is 0.375. The summed E-state index contributed by atoms with van der Waals surface area (Å²) in [4.78, 5) is 1.39. The van der Waals surface area contributed by atoms with E-state index in [1.807, 2.05) is 24.3 Å². The van der Waals surface area contributed by atoms with E-state index in [4.69, 9.17) is 16.3 Å². The van der Waals surface area contributed by atoms with Crippen molar-refractivity contribution < 1.29 is 4.74 Å². The molecule has 4 heteroatoms. The van der Waals surface area contributed by atoms with Crippen molar-refractivity contribution in [2.45, 2.75) is 25.8 Å². The summed E-state index contributed by atoms with van der Waals surface area (Å²) >= 11 is 7.67. The van der Waals surface area contributed by atoms with E-state index >= 15 is 0 Å². The minimum Gasteiger partial charge on any atom is -0.492 e. The molecular formula is C16H20ClNOS. The molecule has 2 rings (SSSR count). The third kappa shape index (κ3) is 5.16. The van der Waals surface area contributed by atoms with Gasteiger partial charge >= 0.3 is 0 Å². The van der Waals surface area contributed by atoms with Gasteiger partial charge in [0.25, 0.3) is 0 Å². The Morgan fingerprint density at radius 3 is 2.70 bits per heavy atom. The van der Waals surface area contributed by atoms with Gasteiger partial charge in [0, 0.05) is 22.4 Å². The number of thiophene rings is 1. The molecule has 2 nitrogen and oxygen atoms in total. The lowest BCUT2D eigenvalue weighted by atomic mass is 10.2. The molecule has 0 aliphatic heterocycles. The van der Waals surface area contributed by atoms with E-state index in [-0.39, 0.29) is 0 Å². The van der Waals surface area contributed by atoms with Crippen LogP contribution < -0.4 is 10.1 Å². The Kier molecular flexibility index (Phi) is 6.37. The number of hydrogen-bond donors (Lipinski definition) is 1. The highest BCUT2D eigenvalue weighted by Gasteiger charge is 2.10. The topological polar surface area (TPSA) is 21.3 Å². The number of halogens is 1. The summed E-state index contributed by atoms with van der Waals surface area (Å²) < 4.78 is 5.85. The van der Waals surface area contributed by atoms with Crippen LogP contribution in [0.5, 0.6) is 5.75 Å². The summed E-state index contributed by atoms with van der Waals surface area (Å²) in [6.07, 6.45) is 2.13. The predicted molar refractivity (Wildman–Crippen MR) is 87.1 cm³/mol. The van der Waals surface area contributed by atoms with E-state index in [0.29, 0.717) is 12.6 Å². The van der Waals surface area contributed by atoms with Crippen LogP contribution in [0.4, 0.5) is 0 Å². The maximum Gasteiger partial charge on any atom is 0.119 e. The first-order valence-electron chi connectivity index (χ1n) is 6.92. The number of rotatable bonds is 8. The Balaban J connectivity index is 1.87. The summed E-state index contributed by atoms with van der Waals surface area (Å²) in [6.45, 7) is 3.86. The molecule has 0 amide bonds. The Bertz CT molecular complexity index is 484. The number of ether oxygens (including phenoxy) is 1. The third-order valence-electron chi connectivity index (χ3n) is 2.98. The zero-order valence-electron chi connectivity index (χ0n) is 11.6. The van der Waals surface area contributed by atoms with Crippen molar-refractivity contribution in [3.05, 3.63) is 51.7 Å². The maximum absolute atomic E-state index is 5.87. The molecule has 20 heavy (non-hydrogen) atoms. The molecule has 0 saturated heterocycles. The molecule has 1 heterocycles. The lowest BCUT2D eigenvalue weighted by molar-refractivity contribution is 0.263. The molecule has 1 aromatic heterocycles. The number of benzene rings is 1. The van der Waals surface area contributed by atoms with Gasteiger partial charge in [0.15, 0.2) is 0 Å². The van der Waals surface area contributed by atoms with Crippen molar-refractivity contribution in [2.75, 3.05) is 13.2 Å². The second-order valence-electron chi connectivity index (χ2n) is 4.70. The lowest BCUT2D eigenvalue weighted by Gasteiger charge is -2.18. The lowest BCUT2D eigenvalue weighted by Crippen LogP contribution is -2.36. The molecule has 0 aliphatic carbocycles. The molecule has 0 radical (unpaired) electrons. The zero-order valence-corrected chi connectivity index (χ0v) is 13.2. The van der Waals surface area contributed by atoms with Crippen LogP contribution >= 0.6 is 22.9 Å². The van der Waals surface area contributed by atoms with E-state index in [0.717, 1.165) is 30.2 Å². The van der Waals surface area contributed by atoms with Gasteiger partial charge in [0.1, 0.15) is 12.4 Å². The second kappa shape index (κ2) is 8.30. The van der Waals surface area contributed by atoms with Gasteiger partial charge in [-0.15, -0.1) is 11.3 Å². The Morgan fingerprint density at radius 2 is 2.05 bits per heavy atom. The van der Waals surface area contributed by atoms with Crippen LogP contribution in [0.3, 0.4) is 0 Å². The molecule has 108 valence electrons. The molecule has 0 spiro atoms. The second-order valence-corrected chi connectivity index (χ2v) is 6.17. The first-order chi connectivity index (χ1) is 9.78. The van der Waals surface area contributed by atoms with Crippen molar-refractivity contribution in [2.24, 2.45) is 0 Å². The smallest absolute Gasteiger partial charge is 0.119 e. The summed E-state index contributed by atoms with van der Waals surface area (Å²) in [7, 11) is 0. The Morgan fingerprint density at radius 1 is 1.25 bits per heavy atom. The van der Waals surface area contributed by atoms with Gasteiger partial charge in [-0.2, -0.15) is 0 Å². The van der Waals surface area contributed by atoms with Crippen LogP contribution in [0.15, 0.2) is 41.8 Å².